The summed E-state index contributed by atoms with van der Waals surface area (Å²) in [5, 5.41) is 0. The average molecular weight is 470 g/mol. The molecule has 2 heterocycles. The molecule has 3 aromatic rings. The van der Waals surface area contributed by atoms with Gasteiger partial charge in [0.2, 0.25) is 0 Å². The van der Waals surface area contributed by atoms with Crippen LogP contribution in [0.4, 0.5) is 5.69 Å². The third-order valence-corrected chi connectivity index (χ3v) is 6.23. The Labute approximate surface area is 204 Å². The van der Waals surface area contributed by atoms with Crippen molar-refractivity contribution in [2.75, 3.05) is 31.5 Å². The number of rotatable bonds is 3. The van der Waals surface area contributed by atoms with Crippen LogP contribution >= 0.6 is 11.8 Å². The summed E-state index contributed by atoms with van der Waals surface area (Å²) in [4.78, 5) is 7.62. The van der Waals surface area contributed by atoms with Gasteiger partial charge >= 0.3 is 0 Å². The molecule has 0 amide bonds. The van der Waals surface area contributed by atoms with Crippen molar-refractivity contribution in [1.82, 2.24) is 9.97 Å². The molecule has 1 aliphatic heterocycles. The number of benzene rings is 2. The summed E-state index contributed by atoms with van der Waals surface area (Å²) in [7, 11) is 3.43. The van der Waals surface area contributed by atoms with Gasteiger partial charge < -0.3 is 15.2 Å². The van der Waals surface area contributed by atoms with E-state index in [0.717, 1.165) is 11.3 Å². The zero-order valence-corrected chi connectivity index (χ0v) is 21.7. The number of aryl methyl sites for hydroxylation is 4. The van der Waals surface area contributed by atoms with E-state index in [1.165, 1.54) is 46.5 Å². The number of nitrogens with two attached hydrogens (primary N) is 1. The van der Waals surface area contributed by atoms with Crippen LogP contribution in [0.2, 0.25) is 0 Å². The van der Waals surface area contributed by atoms with Gasteiger partial charge in [0.05, 0.1) is 12.7 Å². The fourth-order valence-electron chi connectivity index (χ4n) is 2.70. The van der Waals surface area contributed by atoms with E-state index in [4.69, 9.17) is 15.2 Å². The summed E-state index contributed by atoms with van der Waals surface area (Å²) in [5.74, 6) is 2.50. The van der Waals surface area contributed by atoms with Crippen molar-refractivity contribution in [3.05, 3.63) is 89.0 Å². The highest BCUT2D eigenvalue weighted by Crippen LogP contribution is 2.18. The summed E-state index contributed by atoms with van der Waals surface area (Å²) in [5.41, 5.74) is 12.7. The van der Waals surface area contributed by atoms with Gasteiger partial charge in [-0.25, -0.2) is 9.97 Å². The molecule has 0 saturated carbocycles. The lowest BCUT2D eigenvalue weighted by Crippen LogP contribution is -2.06. The second kappa shape index (κ2) is 17.1. The Hall–Kier alpha value is -2.41. The summed E-state index contributed by atoms with van der Waals surface area (Å²) in [6.45, 7) is 8.96. The molecule has 6 heteroatoms. The largest absolute Gasteiger partial charge is 0.399 e. The molecule has 1 fully saturated rings. The van der Waals surface area contributed by atoms with Crippen molar-refractivity contribution in [1.29, 1.82) is 0 Å². The Morgan fingerprint density at radius 1 is 0.909 bits per heavy atom. The Bertz CT molecular complexity index is 880. The second-order valence-corrected chi connectivity index (χ2v) is 8.98. The quantitative estimate of drug-likeness (QED) is 0.478. The summed E-state index contributed by atoms with van der Waals surface area (Å²) in [6.07, 6.45) is 6.78. The maximum atomic E-state index is 5.53. The van der Waals surface area contributed by atoms with Crippen LogP contribution in [-0.4, -0.2) is 41.8 Å². The first-order valence-electron chi connectivity index (χ1n) is 11.1. The maximum absolute atomic E-state index is 5.53. The normalized spacial score (nSPS) is 14.1. The number of ether oxygens (including phenoxy) is 2. The van der Waals surface area contributed by atoms with E-state index in [0.29, 0.717) is 12.7 Å². The molecular formula is C27H39N3O2S. The van der Waals surface area contributed by atoms with Crippen LogP contribution in [0.25, 0.3) is 0 Å². The molecule has 2 aromatic carbocycles. The highest BCUT2D eigenvalue weighted by atomic mass is 32.2. The Kier molecular flexibility index (Phi) is 14.8. The third-order valence-electron chi connectivity index (χ3n) is 5.10. The van der Waals surface area contributed by atoms with Crippen molar-refractivity contribution in [2.24, 2.45) is 0 Å². The monoisotopic (exact) mass is 469 g/mol. The van der Waals surface area contributed by atoms with Gasteiger partial charge in [0.25, 0.3) is 0 Å². The van der Waals surface area contributed by atoms with Crippen molar-refractivity contribution < 1.29 is 9.47 Å². The van der Waals surface area contributed by atoms with Crippen LogP contribution in [0.1, 0.15) is 34.2 Å². The number of thioether (sulfide) groups is 1. The van der Waals surface area contributed by atoms with Gasteiger partial charge in [-0.05, 0) is 74.3 Å². The number of hydrogen-bond acceptors (Lipinski definition) is 6. The molecule has 33 heavy (non-hydrogen) atoms. The number of anilines is 1. The molecule has 0 radical (unpaired) electrons. The van der Waals surface area contributed by atoms with E-state index >= 15 is 0 Å². The van der Waals surface area contributed by atoms with Crippen LogP contribution in [0, 0.1) is 27.7 Å². The molecule has 180 valence electrons. The number of aromatic nitrogens is 2. The lowest BCUT2D eigenvalue weighted by molar-refractivity contribution is 0.124. The van der Waals surface area contributed by atoms with Crippen LogP contribution < -0.4 is 5.73 Å². The topological polar surface area (TPSA) is 70.3 Å². The highest BCUT2D eigenvalue weighted by molar-refractivity contribution is 7.99. The van der Waals surface area contributed by atoms with Crippen molar-refractivity contribution in [3.8, 4) is 0 Å². The Morgan fingerprint density at radius 2 is 1.52 bits per heavy atom. The fraction of sp³-hybridized carbons (Fsp3) is 0.407. The predicted octanol–water partition coefficient (Wildman–Crippen LogP) is 5.95. The zero-order valence-electron chi connectivity index (χ0n) is 20.9. The lowest BCUT2D eigenvalue weighted by atomic mass is 10.1. The molecule has 4 rings (SSSR count). The molecular weight excluding hydrogens is 430 g/mol. The van der Waals surface area contributed by atoms with Gasteiger partial charge in [-0.2, -0.15) is 11.8 Å². The van der Waals surface area contributed by atoms with Gasteiger partial charge in [-0.1, -0.05) is 30.3 Å². The standard InChI is InChI=1S/C8H11N.C8H10.C6H8N2O.C5H10OS/c1-6-3-4-8(9)5-7(6)2;1-7-5-3-4-6-8(7)2;1-9-4-6-2-7-5-8-3-6;1-6-5-2-3-7-4-5/h3-5H,9H2,1-2H3;3-6H,1-2H3;2-3,5H,4H2,1H3;5H,2-4H2,1H3/t;;;5-/m...0/s1. The van der Waals surface area contributed by atoms with Crippen molar-refractivity contribution in [2.45, 2.75) is 46.8 Å². The fourth-order valence-corrected chi connectivity index (χ4v) is 3.86. The zero-order chi connectivity index (χ0) is 24.5. The van der Waals surface area contributed by atoms with E-state index < -0.39 is 0 Å². The number of nitrogen functional groups attached to an aromatic ring is 1. The predicted molar refractivity (Wildman–Crippen MR) is 142 cm³/mol. The van der Waals surface area contributed by atoms with E-state index in [1.54, 1.807) is 26.6 Å². The van der Waals surface area contributed by atoms with E-state index in [9.17, 15) is 0 Å². The van der Waals surface area contributed by atoms with Crippen molar-refractivity contribution >= 4 is 17.4 Å². The molecule has 1 aliphatic rings. The number of nitrogens with zero attached hydrogens (tertiary/aromatic N) is 2. The van der Waals surface area contributed by atoms with Gasteiger partial charge in [0.1, 0.15) is 6.33 Å². The number of hydrogen-bond donors (Lipinski definition) is 1. The summed E-state index contributed by atoms with van der Waals surface area (Å²) in [6, 6.07) is 14.3. The Morgan fingerprint density at radius 3 is 1.91 bits per heavy atom. The van der Waals surface area contributed by atoms with Gasteiger partial charge in [-0.15, -0.1) is 0 Å². The first-order chi connectivity index (χ1) is 15.9. The SMILES string of the molecule is COCc1cncnc1.CO[C@H]1CCSC1.Cc1ccc(N)cc1C.Cc1ccccc1C. The lowest BCUT2D eigenvalue weighted by Gasteiger charge is -2.01. The molecule has 0 spiro atoms. The van der Waals surface area contributed by atoms with E-state index in [2.05, 4.69) is 61.9 Å². The molecule has 0 bridgehead atoms. The molecule has 5 nitrogen and oxygen atoms in total. The Balaban J connectivity index is 0.000000221. The molecule has 0 unspecified atom stereocenters. The summed E-state index contributed by atoms with van der Waals surface area (Å²) >= 11 is 1.98. The first kappa shape index (κ1) is 28.6. The molecule has 1 atom stereocenters. The van der Waals surface area contributed by atoms with Crippen LogP contribution in [0.15, 0.2) is 61.2 Å². The van der Waals surface area contributed by atoms with Crippen molar-refractivity contribution in [3.63, 3.8) is 0 Å². The van der Waals surface area contributed by atoms with Crippen LogP contribution in [0.3, 0.4) is 0 Å². The van der Waals surface area contributed by atoms with Gasteiger partial charge in [-0.3, -0.25) is 0 Å². The molecule has 1 saturated heterocycles. The van der Waals surface area contributed by atoms with Gasteiger partial charge in [0.15, 0.2) is 0 Å². The van der Waals surface area contributed by atoms with Crippen LogP contribution in [-0.2, 0) is 16.1 Å². The minimum Gasteiger partial charge on any atom is -0.399 e. The summed E-state index contributed by atoms with van der Waals surface area (Å²) < 4.78 is 9.94. The van der Waals surface area contributed by atoms with E-state index in [1.807, 2.05) is 30.0 Å². The van der Waals surface area contributed by atoms with Gasteiger partial charge in [0, 0.05) is 43.6 Å². The smallest absolute Gasteiger partial charge is 0.115 e. The van der Waals surface area contributed by atoms with Crippen LogP contribution in [0.5, 0.6) is 0 Å². The molecule has 0 aliphatic carbocycles. The van der Waals surface area contributed by atoms with E-state index in [-0.39, 0.29) is 0 Å². The highest BCUT2D eigenvalue weighted by Gasteiger charge is 2.12. The minimum absolute atomic E-state index is 0.560. The number of methoxy groups -OCH3 is 2. The molecule has 2 N–H and O–H groups in total. The third kappa shape index (κ3) is 13.0. The molecule has 1 aromatic heterocycles. The minimum atomic E-state index is 0.560. The first-order valence-corrected chi connectivity index (χ1v) is 12.2. The maximum Gasteiger partial charge on any atom is 0.115 e. The average Bonchev–Trinajstić information content (AvgIpc) is 3.35. The second-order valence-electron chi connectivity index (χ2n) is 7.83.